The Kier molecular flexibility index (Phi) is 8.33. The summed E-state index contributed by atoms with van der Waals surface area (Å²) in [5.74, 6) is 3.97. The molecule has 0 amide bonds. The summed E-state index contributed by atoms with van der Waals surface area (Å²) < 4.78 is 0. The van der Waals surface area contributed by atoms with Gasteiger partial charge in [-0.05, 0) is 36.9 Å². The smallest absolute Gasteiger partial charge is 0.0438 e. The van der Waals surface area contributed by atoms with Gasteiger partial charge in [0.25, 0.3) is 0 Å². The van der Waals surface area contributed by atoms with Crippen LogP contribution in [0, 0.1) is 11.8 Å². The first-order chi connectivity index (χ1) is 8.25. The molecule has 0 aliphatic heterocycles. The second-order valence-corrected chi connectivity index (χ2v) is 6.67. The lowest BCUT2D eigenvalue weighted by atomic mass is 9.78. The molecule has 0 spiro atoms. The maximum atomic E-state index is 8.69. The van der Waals surface area contributed by atoms with Crippen LogP contribution >= 0.6 is 11.8 Å². The van der Waals surface area contributed by atoms with Crippen molar-refractivity contribution >= 4 is 11.8 Å². The molecule has 17 heavy (non-hydrogen) atoms. The predicted octanol–water partition coefficient (Wildman–Crippen LogP) is 2.91. The van der Waals surface area contributed by atoms with Gasteiger partial charge in [0.2, 0.25) is 0 Å². The molecule has 1 saturated carbocycles. The molecule has 102 valence electrons. The first-order valence-electron chi connectivity index (χ1n) is 7.17. The summed E-state index contributed by atoms with van der Waals surface area (Å²) in [4.78, 5) is 0. The minimum atomic E-state index is 0.332. The number of hydrogen-bond donors (Lipinski definition) is 2. The summed E-state index contributed by atoms with van der Waals surface area (Å²) in [5.41, 5.74) is 0. The van der Waals surface area contributed by atoms with Crippen LogP contribution in [0.25, 0.3) is 0 Å². The van der Waals surface area contributed by atoms with Crippen LogP contribution in [0.5, 0.6) is 0 Å². The summed E-state index contributed by atoms with van der Waals surface area (Å²) in [6.07, 6.45) is 6.53. The maximum absolute atomic E-state index is 8.69. The van der Waals surface area contributed by atoms with Gasteiger partial charge >= 0.3 is 0 Å². The van der Waals surface area contributed by atoms with E-state index in [9.17, 15) is 0 Å². The van der Waals surface area contributed by atoms with E-state index in [0.717, 1.165) is 36.6 Å². The number of aliphatic hydroxyl groups is 1. The summed E-state index contributed by atoms with van der Waals surface area (Å²) in [5, 5.41) is 12.4. The van der Waals surface area contributed by atoms with Crippen LogP contribution in [-0.2, 0) is 0 Å². The molecule has 2 unspecified atom stereocenters. The fourth-order valence-corrected chi connectivity index (χ4v) is 3.60. The largest absolute Gasteiger partial charge is 0.396 e. The average Bonchev–Trinajstić information content (AvgIpc) is 2.34. The molecule has 1 fully saturated rings. The lowest BCUT2D eigenvalue weighted by Gasteiger charge is -2.35. The van der Waals surface area contributed by atoms with E-state index in [2.05, 4.69) is 19.2 Å². The van der Waals surface area contributed by atoms with E-state index in [1.807, 2.05) is 11.8 Å². The first kappa shape index (κ1) is 15.3. The molecule has 0 aromatic rings. The van der Waals surface area contributed by atoms with Crippen LogP contribution in [0.15, 0.2) is 0 Å². The summed E-state index contributed by atoms with van der Waals surface area (Å²) >= 11 is 1.95. The highest BCUT2D eigenvalue weighted by molar-refractivity contribution is 7.99. The van der Waals surface area contributed by atoms with Gasteiger partial charge < -0.3 is 10.4 Å². The molecule has 0 aromatic carbocycles. The topological polar surface area (TPSA) is 32.3 Å². The van der Waals surface area contributed by atoms with Crippen molar-refractivity contribution in [1.82, 2.24) is 5.32 Å². The third-order valence-electron chi connectivity index (χ3n) is 3.78. The van der Waals surface area contributed by atoms with Crippen molar-refractivity contribution < 1.29 is 5.11 Å². The molecule has 1 aliphatic rings. The molecular formula is C14H29NOS. The van der Waals surface area contributed by atoms with Gasteiger partial charge in [-0.15, -0.1) is 0 Å². The summed E-state index contributed by atoms with van der Waals surface area (Å²) in [7, 11) is 0. The van der Waals surface area contributed by atoms with E-state index in [1.165, 1.54) is 31.4 Å². The number of hydrogen-bond acceptors (Lipinski definition) is 3. The van der Waals surface area contributed by atoms with Gasteiger partial charge in [-0.25, -0.2) is 0 Å². The molecule has 2 nitrogen and oxygen atoms in total. The second-order valence-electron chi connectivity index (χ2n) is 5.44. The highest BCUT2D eigenvalue weighted by atomic mass is 32.2. The van der Waals surface area contributed by atoms with E-state index in [4.69, 9.17) is 5.11 Å². The van der Waals surface area contributed by atoms with Crippen molar-refractivity contribution in [3.05, 3.63) is 0 Å². The van der Waals surface area contributed by atoms with Crippen LogP contribution in [0.1, 0.15) is 46.0 Å². The number of aliphatic hydroxyl groups excluding tert-OH is 1. The Morgan fingerprint density at radius 2 is 2.00 bits per heavy atom. The molecule has 1 rings (SSSR count). The standard InChI is InChI=1S/C14H29NOS/c1-12(2)13-6-3-4-7-14(13)15-8-11-17-10-5-9-16/h12-16H,3-11H2,1-2H3. The van der Waals surface area contributed by atoms with Crippen molar-refractivity contribution in [2.45, 2.75) is 52.0 Å². The lowest BCUT2D eigenvalue weighted by molar-refractivity contribution is 0.208. The number of nitrogens with one attached hydrogen (secondary N) is 1. The van der Waals surface area contributed by atoms with Crippen LogP contribution < -0.4 is 5.32 Å². The van der Waals surface area contributed by atoms with E-state index >= 15 is 0 Å². The van der Waals surface area contributed by atoms with Crippen LogP contribution in [-0.4, -0.2) is 35.8 Å². The van der Waals surface area contributed by atoms with Gasteiger partial charge in [0.15, 0.2) is 0 Å². The SMILES string of the molecule is CC(C)C1CCCCC1NCCSCCCO. The quantitative estimate of drug-likeness (QED) is 0.657. The first-order valence-corrected chi connectivity index (χ1v) is 8.33. The van der Waals surface area contributed by atoms with Crippen LogP contribution in [0.2, 0.25) is 0 Å². The van der Waals surface area contributed by atoms with Gasteiger partial charge in [0.1, 0.15) is 0 Å². The van der Waals surface area contributed by atoms with E-state index < -0.39 is 0 Å². The van der Waals surface area contributed by atoms with Crippen molar-refractivity contribution in [2.24, 2.45) is 11.8 Å². The fourth-order valence-electron chi connectivity index (χ4n) is 2.80. The van der Waals surface area contributed by atoms with E-state index in [1.54, 1.807) is 0 Å². The highest BCUT2D eigenvalue weighted by Gasteiger charge is 2.26. The molecule has 0 saturated heterocycles. The monoisotopic (exact) mass is 259 g/mol. The van der Waals surface area contributed by atoms with Gasteiger partial charge in [-0.1, -0.05) is 26.7 Å². The Hall–Kier alpha value is 0.270. The highest BCUT2D eigenvalue weighted by Crippen LogP contribution is 2.30. The molecule has 0 aromatic heterocycles. The Bertz CT molecular complexity index is 187. The molecule has 2 N–H and O–H groups in total. The molecule has 3 heteroatoms. The van der Waals surface area contributed by atoms with Crippen molar-refractivity contribution in [2.75, 3.05) is 24.7 Å². The minimum Gasteiger partial charge on any atom is -0.396 e. The zero-order valence-electron chi connectivity index (χ0n) is 11.5. The Labute approximate surface area is 111 Å². The third-order valence-corrected chi connectivity index (χ3v) is 4.85. The summed E-state index contributed by atoms with van der Waals surface area (Å²) in [6, 6.07) is 0.752. The average molecular weight is 259 g/mol. The normalized spacial score (nSPS) is 25.4. The van der Waals surface area contributed by atoms with Crippen LogP contribution in [0.4, 0.5) is 0 Å². The van der Waals surface area contributed by atoms with Gasteiger partial charge in [-0.3, -0.25) is 0 Å². The van der Waals surface area contributed by atoms with Crippen LogP contribution in [0.3, 0.4) is 0 Å². The Morgan fingerprint density at radius 3 is 2.71 bits per heavy atom. The van der Waals surface area contributed by atoms with Crippen molar-refractivity contribution in [3.8, 4) is 0 Å². The zero-order valence-corrected chi connectivity index (χ0v) is 12.3. The van der Waals surface area contributed by atoms with Crippen molar-refractivity contribution in [3.63, 3.8) is 0 Å². The van der Waals surface area contributed by atoms with E-state index in [-0.39, 0.29) is 0 Å². The predicted molar refractivity (Wildman–Crippen MR) is 77.6 cm³/mol. The number of rotatable bonds is 8. The Morgan fingerprint density at radius 1 is 1.24 bits per heavy atom. The minimum absolute atomic E-state index is 0.332. The molecule has 2 atom stereocenters. The molecule has 0 bridgehead atoms. The zero-order chi connectivity index (χ0) is 12.5. The Balaban J connectivity index is 2.11. The molecule has 0 heterocycles. The van der Waals surface area contributed by atoms with Gasteiger partial charge in [0, 0.05) is 24.9 Å². The number of thioether (sulfide) groups is 1. The van der Waals surface area contributed by atoms with Gasteiger partial charge in [-0.2, -0.15) is 11.8 Å². The van der Waals surface area contributed by atoms with Crippen molar-refractivity contribution in [1.29, 1.82) is 0 Å². The molecule has 0 radical (unpaired) electrons. The molecular weight excluding hydrogens is 230 g/mol. The summed E-state index contributed by atoms with van der Waals surface area (Å²) in [6.45, 7) is 6.18. The maximum Gasteiger partial charge on any atom is 0.0438 e. The fraction of sp³-hybridized carbons (Fsp3) is 1.00. The van der Waals surface area contributed by atoms with Gasteiger partial charge in [0.05, 0.1) is 0 Å². The van der Waals surface area contributed by atoms with E-state index in [0.29, 0.717) is 6.61 Å². The third kappa shape index (κ3) is 6.12. The molecule has 1 aliphatic carbocycles. The lowest BCUT2D eigenvalue weighted by Crippen LogP contribution is -2.41. The second kappa shape index (κ2) is 9.23.